The average Bonchev–Trinajstić information content (AvgIpc) is 3.08. The number of allylic oxidation sites excluding steroid dienone is 4. The van der Waals surface area contributed by atoms with E-state index in [0.717, 1.165) is 12.8 Å². The van der Waals surface area contributed by atoms with Crippen LogP contribution in [0.25, 0.3) is 16.0 Å². The molecule has 1 heteroatoms. The van der Waals surface area contributed by atoms with E-state index in [4.69, 9.17) is 0 Å². The SMILES string of the molecule is C[Si]1(C)C(c2ccccc2)=C(C2=CC#CCC2)C(c2ccccc2)=C1c1ccccc1. The highest BCUT2D eigenvalue weighted by atomic mass is 28.3. The Labute approximate surface area is 186 Å². The van der Waals surface area contributed by atoms with Gasteiger partial charge in [0, 0.05) is 6.42 Å². The predicted molar refractivity (Wildman–Crippen MR) is 136 cm³/mol. The Morgan fingerprint density at radius 1 is 0.613 bits per heavy atom. The first-order valence-corrected chi connectivity index (χ1v) is 14.0. The molecule has 1 aliphatic carbocycles. The molecule has 0 radical (unpaired) electrons. The second-order valence-corrected chi connectivity index (χ2v) is 13.0. The van der Waals surface area contributed by atoms with Gasteiger partial charge < -0.3 is 0 Å². The van der Waals surface area contributed by atoms with Crippen LogP contribution in [0.5, 0.6) is 0 Å². The number of hydrogen-bond acceptors (Lipinski definition) is 0. The number of hydrogen-bond donors (Lipinski definition) is 0. The zero-order valence-corrected chi connectivity index (χ0v) is 19.2. The fraction of sp³-hybridized carbons (Fsp3) is 0.133. The highest BCUT2D eigenvalue weighted by Crippen LogP contribution is 2.54. The molecule has 0 aromatic heterocycles. The zero-order valence-electron chi connectivity index (χ0n) is 18.2. The number of rotatable bonds is 4. The van der Waals surface area contributed by atoms with Crippen LogP contribution in [0.1, 0.15) is 29.5 Å². The topological polar surface area (TPSA) is 0 Å². The van der Waals surface area contributed by atoms with E-state index in [1.165, 1.54) is 38.6 Å². The molecule has 0 saturated heterocycles. The summed E-state index contributed by atoms with van der Waals surface area (Å²) in [5, 5.41) is 3.08. The van der Waals surface area contributed by atoms with Gasteiger partial charge in [-0.1, -0.05) is 116 Å². The van der Waals surface area contributed by atoms with Crippen LogP contribution < -0.4 is 0 Å². The van der Waals surface area contributed by atoms with Gasteiger partial charge in [-0.2, -0.15) is 0 Å². The van der Waals surface area contributed by atoms with Crippen LogP contribution in [-0.2, 0) is 0 Å². The highest BCUT2D eigenvalue weighted by Gasteiger charge is 2.43. The van der Waals surface area contributed by atoms with Gasteiger partial charge in [-0.3, -0.25) is 0 Å². The Kier molecular flexibility index (Phi) is 5.10. The monoisotopic (exact) mass is 414 g/mol. The van der Waals surface area contributed by atoms with E-state index in [-0.39, 0.29) is 0 Å². The van der Waals surface area contributed by atoms with E-state index >= 15 is 0 Å². The van der Waals surface area contributed by atoms with E-state index in [9.17, 15) is 0 Å². The van der Waals surface area contributed by atoms with Crippen LogP contribution in [-0.4, -0.2) is 8.07 Å². The maximum atomic E-state index is 3.28. The molecule has 0 unspecified atom stereocenters. The van der Waals surface area contributed by atoms with Crippen LogP contribution in [0.4, 0.5) is 0 Å². The summed E-state index contributed by atoms with van der Waals surface area (Å²) >= 11 is 0. The van der Waals surface area contributed by atoms with Crippen molar-refractivity contribution in [2.45, 2.75) is 25.9 Å². The van der Waals surface area contributed by atoms with E-state index < -0.39 is 8.07 Å². The second kappa shape index (κ2) is 8.06. The fourth-order valence-electron chi connectivity index (χ4n) is 5.11. The summed E-state index contributed by atoms with van der Waals surface area (Å²) in [6.07, 6.45) is 4.12. The summed E-state index contributed by atoms with van der Waals surface area (Å²) in [6, 6.07) is 33.0. The van der Waals surface area contributed by atoms with Gasteiger partial charge in [0.1, 0.15) is 8.07 Å². The Morgan fingerprint density at radius 2 is 1.10 bits per heavy atom. The molecule has 5 rings (SSSR count). The molecule has 0 N–H and O–H groups in total. The molecule has 0 bridgehead atoms. The van der Waals surface area contributed by atoms with Gasteiger partial charge in [0.2, 0.25) is 0 Å². The minimum absolute atomic E-state index is 0.933. The lowest BCUT2D eigenvalue weighted by Gasteiger charge is -2.26. The molecule has 0 fully saturated rings. The van der Waals surface area contributed by atoms with Crippen LogP contribution in [0, 0.1) is 11.8 Å². The summed E-state index contributed by atoms with van der Waals surface area (Å²) in [7, 11) is -2.00. The summed E-state index contributed by atoms with van der Waals surface area (Å²) in [5.41, 5.74) is 8.25. The summed E-state index contributed by atoms with van der Waals surface area (Å²) in [4.78, 5) is 0. The lowest BCUT2D eigenvalue weighted by atomic mass is 9.86. The minimum atomic E-state index is -2.00. The molecule has 150 valence electrons. The molecule has 3 aromatic carbocycles. The van der Waals surface area contributed by atoms with Crippen LogP contribution in [0.3, 0.4) is 0 Å². The molecule has 0 nitrogen and oxygen atoms in total. The zero-order chi connectivity index (χ0) is 21.3. The largest absolute Gasteiger partial charge is 0.115 e. The van der Waals surface area contributed by atoms with Crippen molar-refractivity contribution in [1.29, 1.82) is 0 Å². The van der Waals surface area contributed by atoms with Crippen LogP contribution in [0.2, 0.25) is 13.1 Å². The van der Waals surface area contributed by atoms with Gasteiger partial charge in [-0.25, -0.2) is 0 Å². The molecular weight excluding hydrogens is 388 g/mol. The quantitative estimate of drug-likeness (QED) is 0.305. The van der Waals surface area contributed by atoms with E-state index in [1.807, 2.05) is 0 Å². The van der Waals surface area contributed by atoms with Crippen LogP contribution >= 0.6 is 0 Å². The highest BCUT2D eigenvalue weighted by molar-refractivity contribution is 7.11. The molecule has 0 saturated carbocycles. The van der Waals surface area contributed by atoms with Crippen molar-refractivity contribution in [3.8, 4) is 11.8 Å². The van der Waals surface area contributed by atoms with Gasteiger partial charge in [-0.05, 0) is 56.3 Å². The van der Waals surface area contributed by atoms with Crippen molar-refractivity contribution in [3.05, 3.63) is 125 Å². The summed E-state index contributed by atoms with van der Waals surface area (Å²) < 4.78 is 0. The third-order valence-electron chi connectivity index (χ3n) is 6.38. The standard InChI is InChI=1S/C30H26Si/c1-31(2)29(25-19-11-5-12-20-25)27(23-15-7-3-8-16-23)28(24-17-9-4-10-18-24)30(31)26-21-13-6-14-22-26/h3,5-8,11-16,18-22H,9,17H2,1-2H3. The first-order valence-electron chi connectivity index (χ1n) is 11.0. The van der Waals surface area contributed by atoms with Crippen molar-refractivity contribution in [2.24, 2.45) is 0 Å². The minimum Gasteiger partial charge on any atom is -0.0982 e. The van der Waals surface area contributed by atoms with Gasteiger partial charge >= 0.3 is 0 Å². The first kappa shape index (κ1) is 19.6. The van der Waals surface area contributed by atoms with E-state index in [0.29, 0.717) is 0 Å². The third-order valence-corrected chi connectivity index (χ3v) is 9.95. The van der Waals surface area contributed by atoms with Crippen molar-refractivity contribution in [3.63, 3.8) is 0 Å². The Hall–Kier alpha value is -3.34. The smallest absolute Gasteiger partial charge is 0.0982 e. The summed E-state index contributed by atoms with van der Waals surface area (Å²) in [5.74, 6) is 6.54. The van der Waals surface area contributed by atoms with Crippen molar-refractivity contribution in [2.75, 3.05) is 0 Å². The maximum absolute atomic E-state index is 3.28. The van der Waals surface area contributed by atoms with Gasteiger partial charge in [-0.15, -0.1) is 0 Å². The van der Waals surface area contributed by atoms with E-state index in [1.54, 1.807) is 5.20 Å². The van der Waals surface area contributed by atoms with Crippen molar-refractivity contribution >= 4 is 24.0 Å². The molecule has 1 heterocycles. The predicted octanol–water partition coefficient (Wildman–Crippen LogP) is 7.58. The lowest BCUT2D eigenvalue weighted by molar-refractivity contribution is 1.02. The molecule has 1 aliphatic heterocycles. The van der Waals surface area contributed by atoms with Crippen LogP contribution in [0.15, 0.2) is 108 Å². The average molecular weight is 415 g/mol. The molecule has 0 amide bonds. The molecule has 2 aliphatic rings. The third kappa shape index (κ3) is 3.44. The second-order valence-electron chi connectivity index (χ2n) is 8.71. The maximum Gasteiger partial charge on any atom is 0.115 e. The van der Waals surface area contributed by atoms with Crippen molar-refractivity contribution < 1.29 is 0 Å². The molecular formula is C30H26Si. The normalized spacial score (nSPS) is 17.3. The van der Waals surface area contributed by atoms with Gasteiger partial charge in [0.15, 0.2) is 0 Å². The van der Waals surface area contributed by atoms with Gasteiger partial charge in [0.05, 0.1) is 0 Å². The first-order chi connectivity index (χ1) is 15.2. The molecule has 0 atom stereocenters. The molecule has 3 aromatic rings. The fourth-order valence-corrected chi connectivity index (χ4v) is 8.94. The van der Waals surface area contributed by atoms with E-state index in [2.05, 4.69) is 122 Å². The Morgan fingerprint density at radius 3 is 1.58 bits per heavy atom. The van der Waals surface area contributed by atoms with Gasteiger partial charge in [0.25, 0.3) is 0 Å². The number of benzene rings is 3. The Balaban J connectivity index is 1.89. The summed E-state index contributed by atoms with van der Waals surface area (Å²) in [6.45, 7) is 5.03. The molecule has 31 heavy (non-hydrogen) atoms. The molecule has 0 spiro atoms. The van der Waals surface area contributed by atoms with Crippen molar-refractivity contribution in [1.82, 2.24) is 0 Å². The lowest BCUT2D eigenvalue weighted by Crippen LogP contribution is -2.28. The Bertz CT molecular complexity index is 1260.